The predicted molar refractivity (Wildman–Crippen MR) is 74.4 cm³/mol. The average molecular weight is 308 g/mol. The van der Waals surface area contributed by atoms with Gasteiger partial charge in [-0.3, -0.25) is 0 Å². The number of nitrogens with two attached hydrogens (primary N) is 1. The van der Waals surface area contributed by atoms with Crippen molar-refractivity contribution < 1.29 is 0 Å². The van der Waals surface area contributed by atoms with Gasteiger partial charge in [0.1, 0.15) is 11.6 Å². The van der Waals surface area contributed by atoms with Crippen LogP contribution in [0.15, 0.2) is 23.1 Å². The molecule has 0 aromatic carbocycles. The van der Waals surface area contributed by atoms with Crippen LogP contribution in [-0.4, -0.2) is 21.1 Å². The first-order valence-electron chi connectivity index (χ1n) is 5.82. The molecule has 0 radical (unpaired) electrons. The molecule has 0 saturated carbocycles. The molecule has 5 nitrogen and oxygen atoms in total. The van der Waals surface area contributed by atoms with Gasteiger partial charge >= 0.3 is 0 Å². The minimum Gasteiger partial charge on any atom is -0.397 e. The summed E-state index contributed by atoms with van der Waals surface area (Å²) in [6.45, 7) is 4.64. The molecular weight excluding hydrogens is 294 g/mol. The zero-order valence-electron chi connectivity index (χ0n) is 10.1. The highest BCUT2D eigenvalue weighted by molar-refractivity contribution is 9.10. The molecule has 6 heteroatoms. The summed E-state index contributed by atoms with van der Waals surface area (Å²) < 4.78 is 3.15. The summed E-state index contributed by atoms with van der Waals surface area (Å²) in [6.07, 6.45) is 5.58. The number of rotatable bonds is 1. The van der Waals surface area contributed by atoms with Crippen LogP contribution in [0.3, 0.4) is 0 Å². The molecule has 2 aromatic heterocycles. The van der Waals surface area contributed by atoms with Crippen molar-refractivity contribution in [3.8, 4) is 0 Å². The maximum Gasteiger partial charge on any atom is 0.143 e. The van der Waals surface area contributed by atoms with E-state index in [9.17, 15) is 0 Å². The summed E-state index contributed by atoms with van der Waals surface area (Å²) in [5.74, 6) is 2.01. The lowest BCUT2D eigenvalue weighted by Gasteiger charge is -2.29. The maximum absolute atomic E-state index is 5.85. The lowest BCUT2D eigenvalue weighted by Crippen LogP contribution is -2.34. The molecule has 1 aliphatic heterocycles. The van der Waals surface area contributed by atoms with Gasteiger partial charge in [-0.2, -0.15) is 0 Å². The Morgan fingerprint density at radius 1 is 1.33 bits per heavy atom. The van der Waals surface area contributed by atoms with Gasteiger partial charge in [0.2, 0.25) is 0 Å². The Bertz CT molecular complexity index is 592. The Hall–Kier alpha value is -1.56. The lowest BCUT2D eigenvalue weighted by atomic mass is 10.2. The van der Waals surface area contributed by atoms with Crippen molar-refractivity contribution in [2.24, 2.45) is 0 Å². The van der Waals surface area contributed by atoms with Crippen molar-refractivity contribution in [1.82, 2.24) is 14.5 Å². The Kier molecular flexibility index (Phi) is 2.74. The second kappa shape index (κ2) is 4.28. The van der Waals surface area contributed by atoms with Crippen LogP contribution >= 0.6 is 15.9 Å². The largest absolute Gasteiger partial charge is 0.397 e. The van der Waals surface area contributed by atoms with Crippen LogP contribution in [0.1, 0.15) is 11.4 Å². The van der Waals surface area contributed by atoms with Crippen molar-refractivity contribution in [2.45, 2.75) is 20.0 Å². The number of aromatic nitrogens is 3. The summed E-state index contributed by atoms with van der Waals surface area (Å²) in [6, 6.07) is 0. The van der Waals surface area contributed by atoms with Gasteiger partial charge in [0, 0.05) is 25.5 Å². The second-order valence-corrected chi connectivity index (χ2v) is 5.23. The van der Waals surface area contributed by atoms with E-state index in [-0.39, 0.29) is 0 Å². The summed E-state index contributed by atoms with van der Waals surface area (Å²) in [7, 11) is 0. The van der Waals surface area contributed by atoms with Gasteiger partial charge in [0.15, 0.2) is 0 Å². The molecule has 0 atom stereocenters. The number of halogens is 1. The Balaban J connectivity index is 1.96. The molecule has 0 saturated heterocycles. The Morgan fingerprint density at radius 2 is 2.17 bits per heavy atom. The minimum atomic E-state index is 0.712. The zero-order valence-corrected chi connectivity index (χ0v) is 11.7. The van der Waals surface area contributed by atoms with Crippen LogP contribution < -0.4 is 10.6 Å². The molecule has 0 aliphatic carbocycles. The molecule has 94 valence electrons. The normalized spacial score (nSPS) is 14.7. The van der Waals surface area contributed by atoms with E-state index >= 15 is 0 Å². The van der Waals surface area contributed by atoms with Gasteiger partial charge < -0.3 is 15.2 Å². The number of anilines is 2. The van der Waals surface area contributed by atoms with Gasteiger partial charge in [-0.15, -0.1) is 0 Å². The van der Waals surface area contributed by atoms with Crippen molar-refractivity contribution in [3.63, 3.8) is 0 Å². The van der Waals surface area contributed by atoms with Crippen LogP contribution in [0.2, 0.25) is 0 Å². The average Bonchev–Trinajstić information content (AvgIpc) is 2.83. The third kappa shape index (κ3) is 1.77. The number of pyridine rings is 1. The molecular formula is C12H14BrN5. The second-order valence-electron chi connectivity index (χ2n) is 4.43. The van der Waals surface area contributed by atoms with Crippen molar-refractivity contribution >= 4 is 27.4 Å². The first-order chi connectivity index (χ1) is 8.66. The molecule has 0 amide bonds. The van der Waals surface area contributed by atoms with Crippen LogP contribution in [0.25, 0.3) is 0 Å². The predicted octanol–water partition coefficient (Wildman–Crippen LogP) is 1.95. The lowest BCUT2D eigenvalue weighted by molar-refractivity contribution is 0.555. The molecule has 0 spiro atoms. The molecule has 2 aromatic rings. The first kappa shape index (κ1) is 11.5. The molecule has 18 heavy (non-hydrogen) atoms. The highest BCUT2D eigenvalue weighted by Gasteiger charge is 2.20. The zero-order chi connectivity index (χ0) is 12.7. The number of nitrogen functional groups attached to an aromatic ring is 1. The minimum absolute atomic E-state index is 0.712. The third-order valence-electron chi connectivity index (χ3n) is 3.33. The monoisotopic (exact) mass is 307 g/mol. The molecule has 2 N–H and O–H groups in total. The van der Waals surface area contributed by atoms with Crippen molar-refractivity contribution in [1.29, 1.82) is 0 Å². The Morgan fingerprint density at radius 3 is 3.00 bits per heavy atom. The van der Waals surface area contributed by atoms with E-state index in [0.717, 1.165) is 41.3 Å². The van der Waals surface area contributed by atoms with Crippen LogP contribution in [-0.2, 0) is 13.1 Å². The fourth-order valence-electron chi connectivity index (χ4n) is 2.15. The van der Waals surface area contributed by atoms with E-state index in [4.69, 9.17) is 5.73 Å². The summed E-state index contributed by atoms with van der Waals surface area (Å²) in [5, 5.41) is 0. The van der Waals surface area contributed by atoms with E-state index in [1.807, 2.05) is 19.3 Å². The van der Waals surface area contributed by atoms with Crippen molar-refractivity contribution in [2.75, 3.05) is 17.2 Å². The van der Waals surface area contributed by atoms with Gasteiger partial charge in [0.25, 0.3) is 0 Å². The quantitative estimate of drug-likeness (QED) is 0.875. The van der Waals surface area contributed by atoms with Crippen LogP contribution in [0.4, 0.5) is 11.5 Å². The highest BCUT2D eigenvalue weighted by atomic mass is 79.9. The smallest absolute Gasteiger partial charge is 0.143 e. The third-order valence-corrected chi connectivity index (χ3v) is 4.28. The number of hydrogen-bond acceptors (Lipinski definition) is 4. The Labute approximate surface area is 114 Å². The fraction of sp³-hybridized carbons (Fsp3) is 0.333. The van der Waals surface area contributed by atoms with E-state index < -0.39 is 0 Å². The number of imidazole rings is 1. The fourth-order valence-corrected chi connectivity index (χ4v) is 2.74. The van der Waals surface area contributed by atoms with Gasteiger partial charge in [-0.25, -0.2) is 9.97 Å². The molecule has 0 fully saturated rings. The molecule has 0 bridgehead atoms. The molecule has 0 unspecified atom stereocenters. The number of hydrogen-bond donors (Lipinski definition) is 1. The molecule has 1 aliphatic rings. The van der Waals surface area contributed by atoms with E-state index in [1.54, 1.807) is 6.20 Å². The maximum atomic E-state index is 5.85. The topological polar surface area (TPSA) is 60.0 Å². The highest BCUT2D eigenvalue weighted by Crippen LogP contribution is 2.31. The standard InChI is InChI=1S/C12H14BrN5/c1-8-9(14)6-16-12(11(8)13)18-5-4-17-3-2-15-10(17)7-18/h2-3,6H,4-5,7,14H2,1H3. The first-order valence-corrected chi connectivity index (χ1v) is 6.61. The van der Waals surface area contributed by atoms with Gasteiger partial charge in [-0.05, 0) is 28.4 Å². The van der Waals surface area contributed by atoms with E-state index in [2.05, 4.69) is 35.4 Å². The molecule has 3 heterocycles. The van der Waals surface area contributed by atoms with Crippen LogP contribution in [0, 0.1) is 6.92 Å². The van der Waals surface area contributed by atoms with Gasteiger partial charge in [0.05, 0.1) is 22.9 Å². The number of fused-ring (bicyclic) bond motifs is 1. The van der Waals surface area contributed by atoms with E-state index in [1.165, 1.54) is 0 Å². The number of nitrogens with zero attached hydrogens (tertiary/aromatic N) is 4. The SMILES string of the molecule is Cc1c(N)cnc(N2CCn3ccnc3C2)c1Br. The van der Waals surface area contributed by atoms with E-state index in [0.29, 0.717) is 5.69 Å². The summed E-state index contributed by atoms with van der Waals surface area (Å²) >= 11 is 3.59. The summed E-state index contributed by atoms with van der Waals surface area (Å²) in [4.78, 5) is 11.0. The van der Waals surface area contributed by atoms with Crippen LogP contribution in [0.5, 0.6) is 0 Å². The summed E-state index contributed by atoms with van der Waals surface area (Å²) in [5.41, 5.74) is 7.60. The van der Waals surface area contributed by atoms with Crippen molar-refractivity contribution in [3.05, 3.63) is 34.5 Å². The van der Waals surface area contributed by atoms with Gasteiger partial charge in [-0.1, -0.05) is 0 Å². The molecule has 3 rings (SSSR count).